The predicted octanol–water partition coefficient (Wildman–Crippen LogP) is 2.33. The molecule has 0 saturated heterocycles. The maximum absolute atomic E-state index is 12.5. The van der Waals surface area contributed by atoms with Crippen LogP contribution in [0.25, 0.3) is 0 Å². The molecule has 0 radical (unpaired) electrons. The number of aromatic nitrogens is 1. The molecule has 2 N–H and O–H groups in total. The third kappa shape index (κ3) is 4.83. The van der Waals surface area contributed by atoms with Crippen LogP contribution in [0.5, 0.6) is 0 Å². The summed E-state index contributed by atoms with van der Waals surface area (Å²) in [6, 6.07) is 1.69. The minimum atomic E-state index is -3.45. The van der Waals surface area contributed by atoms with Crippen LogP contribution < -0.4 is 10.0 Å². The van der Waals surface area contributed by atoms with Crippen molar-refractivity contribution < 1.29 is 8.42 Å². The largest absolute Gasteiger partial charge is 0.349 e. The Morgan fingerprint density at radius 2 is 1.95 bits per heavy atom. The summed E-state index contributed by atoms with van der Waals surface area (Å²) in [5.74, 6) is 0.314. The molecule has 0 bridgehead atoms. The van der Waals surface area contributed by atoms with Gasteiger partial charge in [0, 0.05) is 31.0 Å². The molecule has 0 fully saturated rings. The summed E-state index contributed by atoms with van der Waals surface area (Å²) in [5, 5.41) is 3.08. The van der Waals surface area contributed by atoms with Crippen molar-refractivity contribution in [2.24, 2.45) is 5.92 Å². The molecule has 1 aromatic heterocycles. The Bertz CT molecular complexity index is 514. The Kier molecular flexibility index (Phi) is 6.90. The first-order chi connectivity index (χ1) is 9.85. The zero-order chi connectivity index (χ0) is 16.0. The maximum atomic E-state index is 12.5. The fourth-order valence-corrected chi connectivity index (χ4v) is 3.65. The van der Waals surface area contributed by atoms with Crippen LogP contribution in [0.2, 0.25) is 0 Å². The molecule has 1 heterocycles. The summed E-state index contributed by atoms with van der Waals surface area (Å²) in [5.41, 5.74) is 0.996. The van der Waals surface area contributed by atoms with E-state index in [9.17, 15) is 8.42 Å². The second kappa shape index (κ2) is 7.96. The van der Waals surface area contributed by atoms with Gasteiger partial charge in [0.2, 0.25) is 10.0 Å². The Hall–Kier alpha value is -0.850. The number of nitrogens with zero attached hydrogens (tertiary/aromatic N) is 1. The zero-order valence-corrected chi connectivity index (χ0v) is 14.6. The SMILES string of the molecule is CCCn1cc(S(=O)(=O)NC(C)C(C)CC)cc1CNC. The summed E-state index contributed by atoms with van der Waals surface area (Å²) in [4.78, 5) is 0.358. The van der Waals surface area contributed by atoms with E-state index < -0.39 is 10.0 Å². The van der Waals surface area contributed by atoms with Gasteiger partial charge in [-0.15, -0.1) is 0 Å². The summed E-state index contributed by atoms with van der Waals surface area (Å²) < 4.78 is 29.8. The van der Waals surface area contributed by atoms with Crippen molar-refractivity contribution in [3.05, 3.63) is 18.0 Å². The normalized spacial score (nSPS) is 15.1. The highest BCUT2D eigenvalue weighted by Gasteiger charge is 2.22. The van der Waals surface area contributed by atoms with Gasteiger partial charge in [-0.3, -0.25) is 0 Å². The third-order valence-corrected chi connectivity index (χ3v) is 5.46. The molecular weight excluding hydrogens is 286 g/mol. The van der Waals surface area contributed by atoms with Crippen LogP contribution in [-0.2, 0) is 23.1 Å². The molecule has 0 aliphatic heterocycles. The highest BCUT2D eigenvalue weighted by molar-refractivity contribution is 7.89. The van der Waals surface area contributed by atoms with E-state index in [1.807, 2.05) is 18.5 Å². The molecule has 0 aliphatic rings. The van der Waals surface area contributed by atoms with Gasteiger partial charge >= 0.3 is 0 Å². The van der Waals surface area contributed by atoms with Crippen molar-refractivity contribution in [1.29, 1.82) is 0 Å². The molecule has 0 aliphatic carbocycles. The molecule has 0 amide bonds. The monoisotopic (exact) mass is 315 g/mol. The average molecular weight is 315 g/mol. The molecule has 0 saturated carbocycles. The third-order valence-electron chi connectivity index (χ3n) is 3.93. The van der Waals surface area contributed by atoms with Crippen molar-refractivity contribution in [2.45, 2.75) is 64.6 Å². The van der Waals surface area contributed by atoms with Crippen LogP contribution in [0.4, 0.5) is 0 Å². The Morgan fingerprint density at radius 1 is 1.29 bits per heavy atom. The van der Waals surface area contributed by atoms with Gasteiger partial charge in [0.15, 0.2) is 0 Å². The van der Waals surface area contributed by atoms with E-state index in [0.29, 0.717) is 17.4 Å². The molecular formula is C15H29N3O2S. The van der Waals surface area contributed by atoms with Gasteiger partial charge in [-0.1, -0.05) is 27.2 Å². The van der Waals surface area contributed by atoms with E-state index in [0.717, 1.165) is 25.1 Å². The van der Waals surface area contributed by atoms with E-state index in [-0.39, 0.29) is 6.04 Å². The quantitative estimate of drug-likeness (QED) is 0.735. The van der Waals surface area contributed by atoms with Gasteiger partial charge < -0.3 is 9.88 Å². The van der Waals surface area contributed by atoms with Gasteiger partial charge in [0.05, 0.1) is 4.90 Å². The van der Waals surface area contributed by atoms with Crippen LogP contribution in [0.15, 0.2) is 17.2 Å². The molecule has 122 valence electrons. The molecule has 2 atom stereocenters. The van der Waals surface area contributed by atoms with E-state index >= 15 is 0 Å². The second-order valence-corrected chi connectivity index (χ2v) is 7.40. The number of nitrogens with one attached hydrogen (secondary N) is 2. The van der Waals surface area contributed by atoms with Crippen LogP contribution in [0.3, 0.4) is 0 Å². The Balaban J connectivity index is 2.99. The lowest BCUT2D eigenvalue weighted by Crippen LogP contribution is -2.36. The highest BCUT2D eigenvalue weighted by Crippen LogP contribution is 2.17. The van der Waals surface area contributed by atoms with Crippen LogP contribution in [0, 0.1) is 5.92 Å². The van der Waals surface area contributed by atoms with Gasteiger partial charge in [0.25, 0.3) is 0 Å². The fraction of sp³-hybridized carbons (Fsp3) is 0.733. The molecule has 0 aromatic carbocycles. The molecule has 1 aromatic rings. The first kappa shape index (κ1) is 18.2. The molecule has 6 heteroatoms. The lowest BCUT2D eigenvalue weighted by atomic mass is 10.0. The van der Waals surface area contributed by atoms with Gasteiger partial charge in [-0.05, 0) is 32.4 Å². The minimum Gasteiger partial charge on any atom is -0.349 e. The molecule has 5 nitrogen and oxygen atoms in total. The summed E-state index contributed by atoms with van der Waals surface area (Å²) >= 11 is 0. The topological polar surface area (TPSA) is 63.1 Å². The fourth-order valence-electron chi connectivity index (χ4n) is 2.23. The van der Waals surface area contributed by atoms with Gasteiger partial charge in [0.1, 0.15) is 0 Å². The number of hydrogen-bond acceptors (Lipinski definition) is 3. The van der Waals surface area contributed by atoms with E-state index in [1.165, 1.54) is 0 Å². The first-order valence-electron chi connectivity index (χ1n) is 7.71. The summed E-state index contributed by atoms with van der Waals surface area (Å²) in [6.45, 7) is 9.62. The molecule has 0 spiro atoms. The van der Waals surface area contributed by atoms with Gasteiger partial charge in [-0.2, -0.15) is 0 Å². The lowest BCUT2D eigenvalue weighted by Gasteiger charge is -2.19. The van der Waals surface area contributed by atoms with Crippen molar-refractivity contribution in [3.8, 4) is 0 Å². The van der Waals surface area contributed by atoms with Crippen LogP contribution in [0.1, 0.15) is 46.2 Å². The summed E-state index contributed by atoms with van der Waals surface area (Å²) in [6.07, 6.45) is 3.66. The van der Waals surface area contributed by atoms with E-state index in [1.54, 1.807) is 12.3 Å². The van der Waals surface area contributed by atoms with Crippen molar-refractivity contribution in [1.82, 2.24) is 14.6 Å². The van der Waals surface area contributed by atoms with E-state index in [2.05, 4.69) is 30.8 Å². The number of aryl methyl sites for hydroxylation is 1. The van der Waals surface area contributed by atoms with E-state index in [4.69, 9.17) is 0 Å². The standard InChI is InChI=1S/C15H29N3O2S/c1-6-8-18-11-15(9-14(18)10-16-5)21(19,20)17-13(4)12(3)7-2/h9,11-13,16-17H,6-8,10H2,1-5H3. The molecule has 21 heavy (non-hydrogen) atoms. The van der Waals surface area contributed by atoms with Gasteiger partial charge in [-0.25, -0.2) is 13.1 Å². The van der Waals surface area contributed by atoms with Crippen molar-refractivity contribution >= 4 is 10.0 Å². The minimum absolute atomic E-state index is 0.0673. The molecule has 2 unspecified atom stereocenters. The predicted molar refractivity (Wildman–Crippen MR) is 86.7 cm³/mol. The Morgan fingerprint density at radius 3 is 2.48 bits per heavy atom. The van der Waals surface area contributed by atoms with Crippen molar-refractivity contribution in [3.63, 3.8) is 0 Å². The van der Waals surface area contributed by atoms with Crippen LogP contribution in [-0.4, -0.2) is 26.1 Å². The number of rotatable bonds is 9. The smallest absolute Gasteiger partial charge is 0.242 e. The average Bonchev–Trinajstić information content (AvgIpc) is 2.82. The lowest BCUT2D eigenvalue weighted by molar-refractivity contribution is 0.434. The first-order valence-corrected chi connectivity index (χ1v) is 9.20. The highest BCUT2D eigenvalue weighted by atomic mass is 32.2. The summed E-state index contributed by atoms with van der Waals surface area (Å²) in [7, 11) is -1.59. The maximum Gasteiger partial charge on any atom is 0.242 e. The Labute approximate surface area is 129 Å². The van der Waals surface area contributed by atoms with Crippen molar-refractivity contribution in [2.75, 3.05) is 7.05 Å². The zero-order valence-electron chi connectivity index (χ0n) is 13.8. The number of hydrogen-bond donors (Lipinski definition) is 2. The second-order valence-electron chi connectivity index (χ2n) is 5.69. The number of sulfonamides is 1. The van der Waals surface area contributed by atoms with Crippen LogP contribution >= 0.6 is 0 Å². The molecule has 1 rings (SSSR count).